The molecule has 33 heavy (non-hydrogen) atoms. The summed E-state index contributed by atoms with van der Waals surface area (Å²) in [5.74, 6) is 1.56. The van der Waals surface area contributed by atoms with E-state index in [1.165, 1.54) is 32.7 Å². The average Bonchev–Trinajstić information content (AvgIpc) is 3.27. The summed E-state index contributed by atoms with van der Waals surface area (Å²) in [7, 11) is 4.12. The Bertz CT molecular complexity index is 1110. The summed E-state index contributed by atoms with van der Waals surface area (Å²) >= 11 is 0. The second kappa shape index (κ2) is 9.61. The van der Waals surface area contributed by atoms with Crippen LogP contribution in [0.4, 0.5) is 5.82 Å². The van der Waals surface area contributed by atoms with Gasteiger partial charge in [0.05, 0.1) is 6.20 Å². The minimum Gasteiger partial charge on any atom is -0.310 e. The normalized spacial score (nSPS) is 22.5. The maximum atomic E-state index is 12.9. The third-order valence-electron chi connectivity index (χ3n) is 7.34. The Morgan fingerprint density at radius 1 is 0.970 bits per heavy atom. The van der Waals surface area contributed by atoms with Gasteiger partial charge in [-0.2, -0.15) is 5.10 Å². The van der Waals surface area contributed by atoms with Crippen molar-refractivity contribution < 1.29 is 4.79 Å². The predicted molar refractivity (Wildman–Crippen MR) is 132 cm³/mol. The Balaban J connectivity index is 1.18. The van der Waals surface area contributed by atoms with Crippen LogP contribution in [0, 0.1) is 11.8 Å². The lowest BCUT2D eigenvalue weighted by Gasteiger charge is -2.36. The fourth-order valence-electron chi connectivity index (χ4n) is 5.19. The lowest BCUT2D eigenvalue weighted by atomic mass is 9.81. The van der Waals surface area contributed by atoms with E-state index in [0.29, 0.717) is 5.82 Å². The molecule has 1 amide bonds. The number of aromatic nitrogens is 3. The molecule has 0 bridgehead atoms. The van der Waals surface area contributed by atoms with Gasteiger partial charge in [0, 0.05) is 69.0 Å². The van der Waals surface area contributed by atoms with Crippen molar-refractivity contribution in [3.05, 3.63) is 42.9 Å². The van der Waals surface area contributed by atoms with Crippen molar-refractivity contribution in [3.63, 3.8) is 0 Å². The maximum absolute atomic E-state index is 12.9. The number of carbonyl (C=O) groups is 1. The summed E-state index contributed by atoms with van der Waals surface area (Å²) in [4.78, 5) is 22.4. The van der Waals surface area contributed by atoms with E-state index < -0.39 is 0 Å². The highest BCUT2D eigenvalue weighted by Gasteiger charge is 2.28. The fourth-order valence-corrected chi connectivity index (χ4v) is 5.19. The lowest BCUT2D eigenvalue weighted by Crippen LogP contribution is -2.46. The molecule has 3 heterocycles. The van der Waals surface area contributed by atoms with Gasteiger partial charge >= 0.3 is 0 Å². The molecule has 2 aliphatic rings. The summed E-state index contributed by atoms with van der Waals surface area (Å²) in [5.41, 5.74) is 2.19. The third kappa shape index (κ3) is 5.25. The van der Waals surface area contributed by atoms with Gasteiger partial charge < -0.3 is 15.1 Å². The number of hydrogen-bond donors (Lipinski definition) is 1. The van der Waals surface area contributed by atoms with Gasteiger partial charge in [0.15, 0.2) is 0 Å². The van der Waals surface area contributed by atoms with Crippen LogP contribution < -0.4 is 5.32 Å². The first kappa shape index (κ1) is 22.0. The number of hydrogen-bond acceptors (Lipinski definition) is 5. The second-order valence-corrected chi connectivity index (χ2v) is 9.84. The number of nitrogens with one attached hydrogen (secondary N) is 1. The fraction of sp³-hybridized carbons (Fsp3) is 0.500. The van der Waals surface area contributed by atoms with Crippen LogP contribution in [0.15, 0.2) is 42.9 Å². The lowest BCUT2D eigenvalue weighted by molar-refractivity contribution is -0.121. The van der Waals surface area contributed by atoms with Crippen molar-refractivity contribution >= 4 is 22.5 Å². The van der Waals surface area contributed by atoms with Crippen molar-refractivity contribution in [3.8, 4) is 11.1 Å². The zero-order valence-corrected chi connectivity index (χ0v) is 19.7. The summed E-state index contributed by atoms with van der Waals surface area (Å²) < 4.78 is 1.80. The SMILES string of the molecule is CN1CCN(CC2CCC(C(=O)Nc3cc4cc(-c5cnn(C)c5)ccc4cn3)CC2)CC1. The second-order valence-electron chi connectivity index (χ2n) is 9.84. The van der Waals surface area contributed by atoms with E-state index >= 15 is 0 Å². The molecule has 7 nitrogen and oxygen atoms in total. The maximum Gasteiger partial charge on any atom is 0.228 e. The van der Waals surface area contributed by atoms with Gasteiger partial charge in [0.1, 0.15) is 5.82 Å². The molecule has 1 N–H and O–H groups in total. The Morgan fingerprint density at radius 2 is 1.76 bits per heavy atom. The minimum absolute atomic E-state index is 0.0907. The average molecular weight is 447 g/mol. The summed E-state index contributed by atoms with van der Waals surface area (Å²) in [5, 5.41) is 9.48. The molecule has 0 radical (unpaired) electrons. The quantitative estimate of drug-likeness (QED) is 0.648. The number of carbonyl (C=O) groups excluding carboxylic acids is 1. The number of benzene rings is 1. The smallest absolute Gasteiger partial charge is 0.228 e. The van der Waals surface area contributed by atoms with Crippen molar-refractivity contribution in [2.75, 3.05) is 45.1 Å². The molecule has 5 rings (SSSR count). The number of rotatable bonds is 5. The molecule has 1 aliphatic carbocycles. The van der Waals surface area contributed by atoms with Crippen LogP contribution in [-0.4, -0.2) is 70.2 Å². The molecule has 1 saturated heterocycles. The first-order valence-electron chi connectivity index (χ1n) is 12.1. The molecule has 0 unspecified atom stereocenters. The van der Waals surface area contributed by atoms with Crippen LogP contribution in [0.3, 0.4) is 0 Å². The Kier molecular flexibility index (Phi) is 6.42. The number of fused-ring (bicyclic) bond motifs is 1. The van der Waals surface area contributed by atoms with Crippen molar-refractivity contribution in [1.29, 1.82) is 0 Å². The Hall–Kier alpha value is -2.77. The van der Waals surface area contributed by atoms with E-state index in [1.807, 2.05) is 31.7 Å². The van der Waals surface area contributed by atoms with Gasteiger partial charge in [-0.25, -0.2) is 4.98 Å². The number of aryl methyl sites for hydroxylation is 1. The van der Waals surface area contributed by atoms with Crippen molar-refractivity contribution in [2.24, 2.45) is 18.9 Å². The van der Waals surface area contributed by atoms with E-state index in [-0.39, 0.29) is 11.8 Å². The predicted octanol–water partition coefficient (Wildman–Crippen LogP) is 3.63. The molecular weight excluding hydrogens is 412 g/mol. The molecular formula is C26H34N6O. The monoisotopic (exact) mass is 446 g/mol. The molecule has 1 saturated carbocycles. The molecule has 2 aromatic heterocycles. The Labute approximate surface area is 195 Å². The van der Waals surface area contributed by atoms with E-state index in [2.05, 4.69) is 50.4 Å². The highest BCUT2D eigenvalue weighted by Crippen LogP contribution is 2.31. The zero-order valence-electron chi connectivity index (χ0n) is 19.7. The van der Waals surface area contributed by atoms with Gasteiger partial charge in [-0.3, -0.25) is 9.48 Å². The van der Waals surface area contributed by atoms with E-state index in [4.69, 9.17) is 0 Å². The van der Waals surface area contributed by atoms with Crippen LogP contribution in [0.1, 0.15) is 25.7 Å². The molecule has 2 fully saturated rings. The van der Waals surface area contributed by atoms with Gasteiger partial charge in [-0.15, -0.1) is 0 Å². The first-order chi connectivity index (χ1) is 16.0. The highest BCUT2D eigenvalue weighted by molar-refractivity contribution is 5.95. The highest BCUT2D eigenvalue weighted by atomic mass is 16.1. The summed E-state index contributed by atoms with van der Waals surface area (Å²) in [6.07, 6.45) is 9.95. The minimum atomic E-state index is 0.0907. The molecule has 7 heteroatoms. The largest absolute Gasteiger partial charge is 0.310 e. The number of pyridine rings is 1. The van der Waals surface area contributed by atoms with Crippen LogP contribution in [0.2, 0.25) is 0 Å². The number of piperazine rings is 1. The van der Waals surface area contributed by atoms with E-state index in [9.17, 15) is 4.79 Å². The van der Waals surface area contributed by atoms with Gasteiger partial charge in [0.2, 0.25) is 5.91 Å². The summed E-state index contributed by atoms with van der Waals surface area (Å²) in [6.45, 7) is 5.87. The molecule has 0 spiro atoms. The number of anilines is 1. The standard InChI is InChI=1S/C26H34N6O/c1-30-9-11-32(12-10-30)17-19-3-5-20(6-4-19)26(33)29-25-14-23-13-21(7-8-22(23)15-27-25)24-16-28-31(2)18-24/h7-8,13-16,18-20H,3-6,9-12,17H2,1-2H3,(H,27,29,33). The molecule has 1 aliphatic heterocycles. The van der Waals surface area contributed by atoms with E-state index in [0.717, 1.165) is 53.5 Å². The number of amides is 1. The topological polar surface area (TPSA) is 66.3 Å². The van der Waals surface area contributed by atoms with Gasteiger partial charge in [-0.05, 0) is 61.7 Å². The molecule has 1 aromatic carbocycles. The van der Waals surface area contributed by atoms with E-state index in [1.54, 1.807) is 4.68 Å². The molecule has 0 atom stereocenters. The first-order valence-corrected chi connectivity index (χ1v) is 12.1. The summed E-state index contributed by atoms with van der Waals surface area (Å²) in [6, 6.07) is 8.26. The van der Waals surface area contributed by atoms with Crippen molar-refractivity contribution in [2.45, 2.75) is 25.7 Å². The van der Waals surface area contributed by atoms with Crippen LogP contribution in [0.25, 0.3) is 21.9 Å². The number of likely N-dealkylation sites (N-methyl/N-ethyl adjacent to an activating group) is 1. The van der Waals surface area contributed by atoms with Crippen LogP contribution in [0.5, 0.6) is 0 Å². The van der Waals surface area contributed by atoms with Gasteiger partial charge in [0.25, 0.3) is 0 Å². The Morgan fingerprint density at radius 3 is 2.48 bits per heavy atom. The third-order valence-corrected chi connectivity index (χ3v) is 7.34. The van der Waals surface area contributed by atoms with Crippen molar-refractivity contribution in [1.82, 2.24) is 24.6 Å². The number of nitrogens with zero attached hydrogens (tertiary/aromatic N) is 5. The van der Waals surface area contributed by atoms with Crippen LogP contribution in [-0.2, 0) is 11.8 Å². The molecule has 3 aromatic rings. The van der Waals surface area contributed by atoms with Gasteiger partial charge in [-0.1, -0.05) is 12.1 Å². The van der Waals surface area contributed by atoms with Crippen LogP contribution >= 0.6 is 0 Å². The molecule has 174 valence electrons. The zero-order chi connectivity index (χ0) is 22.8.